The molecule has 1 unspecified atom stereocenters. The Bertz CT molecular complexity index is 299. The Hall–Kier alpha value is 1.93. The van der Waals surface area contributed by atoms with Gasteiger partial charge in [0.15, 0.2) is 6.10 Å². The van der Waals surface area contributed by atoms with Crippen LogP contribution in [0.25, 0.3) is 0 Å². The van der Waals surface area contributed by atoms with Crippen molar-refractivity contribution < 1.29 is 60.6 Å². The number of hydrogen-bond acceptors (Lipinski definition) is 5. The molecule has 0 spiro atoms. The van der Waals surface area contributed by atoms with E-state index in [-0.39, 0.29) is 81.5 Å². The summed E-state index contributed by atoms with van der Waals surface area (Å²) in [5.74, 6) is -2.85. The van der Waals surface area contributed by atoms with Crippen LogP contribution in [-0.2, 0) is 52.2 Å². The van der Waals surface area contributed by atoms with Crippen molar-refractivity contribution in [3.63, 3.8) is 0 Å². The first kappa shape index (κ1) is 31.4. The van der Waals surface area contributed by atoms with E-state index in [2.05, 4.69) is 11.2 Å². The van der Waals surface area contributed by atoms with Crippen molar-refractivity contribution in [2.45, 2.75) is 12.5 Å². The Morgan fingerprint density at radius 2 is 1.41 bits per heavy atom. The van der Waals surface area contributed by atoms with Crippen LogP contribution < -0.4 is 0 Å². The van der Waals surface area contributed by atoms with Gasteiger partial charge in [-0.3, -0.25) is 13.9 Å². The van der Waals surface area contributed by atoms with Gasteiger partial charge in [-0.15, -0.1) is 0 Å². The molecule has 1 atom stereocenters. The van der Waals surface area contributed by atoms with E-state index in [4.69, 9.17) is 28.6 Å². The van der Waals surface area contributed by atoms with E-state index in [1.54, 1.807) is 0 Å². The number of aliphatic carboxylic acids is 2. The van der Waals surface area contributed by atoms with Crippen molar-refractivity contribution in [3.05, 3.63) is 0 Å². The fourth-order valence-corrected chi connectivity index (χ4v) is 0.253. The molecule has 0 aromatic heterocycles. The van der Waals surface area contributed by atoms with E-state index in [1.807, 2.05) is 0 Å². The van der Waals surface area contributed by atoms with Gasteiger partial charge in [-0.05, 0) is 0 Å². The van der Waals surface area contributed by atoms with Crippen LogP contribution in [0.5, 0.6) is 0 Å². The topological polar surface area (TPSA) is 152 Å². The average Bonchev–Trinajstić information content (AvgIpc) is 1.80. The summed E-state index contributed by atoms with van der Waals surface area (Å²) < 4.78 is 24.0. The molecule has 0 aliphatic carbocycles. The number of rotatable bonds is 3. The first-order valence-electron chi connectivity index (χ1n) is 2.86. The average molecular weight is 493 g/mol. The van der Waals surface area contributed by atoms with Crippen LogP contribution in [0.4, 0.5) is 0 Å². The zero-order valence-corrected chi connectivity index (χ0v) is 10.7. The normalized spacial score (nSPS) is 10.1. The first-order chi connectivity index (χ1) is 6.04. The predicted octanol–water partition coefficient (Wildman–Crippen LogP) is -2.71. The van der Waals surface area contributed by atoms with E-state index in [1.165, 1.54) is 0 Å². The monoisotopic (exact) mass is 493 g/mol. The van der Waals surface area contributed by atoms with E-state index < -0.39 is 33.5 Å². The minimum atomic E-state index is -3.83. The molecule has 1 radical (unpaired) electrons. The van der Waals surface area contributed by atoms with Gasteiger partial charge in [-0.2, -0.15) is 4.21 Å². The van der Waals surface area contributed by atoms with Crippen molar-refractivity contribution in [1.82, 2.24) is 0 Å². The Balaban J connectivity index is -0.0000000533. The molecule has 8 nitrogen and oxygen atoms in total. The van der Waals surface area contributed by atoms with Gasteiger partial charge in [0.05, 0.1) is 6.42 Å². The summed E-state index contributed by atoms with van der Waals surface area (Å²) in [5.41, 5.74) is 0. The van der Waals surface area contributed by atoms with Gasteiger partial charge < -0.3 is 15.3 Å². The quantitative estimate of drug-likeness (QED) is 0.264. The third kappa shape index (κ3) is 46.1. The maximum atomic E-state index is 9.72. The summed E-state index contributed by atoms with van der Waals surface area (Å²) in [5, 5.41) is 24.1. The SMILES string of the molecule is O=C(O)CC(O)C(=O)O.O=S(O)(O)=S.[Au].[NaH].[NaH]. The second-order valence-electron chi connectivity index (χ2n) is 1.90. The van der Waals surface area contributed by atoms with E-state index in [0.29, 0.717) is 0 Å². The van der Waals surface area contributed by atoms with Crippen LogP contribution in [0, 0.1) is 0 Å². The molecule has 0 saturated heterocycles. The molecule has 0 amide bonds. The number of aliphatic hydroxyl groups excluding tert-OH is 1. The van der Waals surface area contributed by atoms with Gasteiger partial charge in [0.1, 0.15) is 0 Å². The zero-order valence-electron chi connectivity index (χ0n) is 6.86. The second kappa shape index (κ2) is 16.0. The predicted molar refractivity (Wildman–Crippen MR) is 61.0 cm³/mol. The molecular formula is C4H10AuNa2O8S2. The van der Waals surface area contributed by atoms with Crippen LogP contribution in [-0.4, -0.2) is 106 Å². The fourth-order valence-electron chi connectivity index (χ4n) is 0.253. The third-order valence-corrected chi connectivity index (χ3v) is 0.653. The molecule has 13 heteroatoms. The van der Waals surface area contributed by atoms with Crippen molar-refractivity contribution in [2.24, 2.45) is 0 Å². The van der Waals surface area contributed by atoms with Crippen molar-refractivity contribution >= 4 is 91.3 Å². The number of carboxylic acid groups (broad SMARTS) is 2. The van der Waals surface area contributed by atoms with Gasteiger partial charge in [0, 0.05) is 33.6 Å². The molecule has 99 valence electrons. The molecule has 5 N–H and O–H groups in total. The van der Waals surface area contributed by atoms with Crippen molar-refractivity contribution in [2.75, 3.05) is 0 Å². The molecule has 17 heavy (non-hydrogen) atoms. The van der Waals surface area contributed by atoms with Gasteiger partial charge in [0.2, 0.25) is 0 Å². The number of aliphatic hydroxyl groups is 1. The van der Waals surface area contributed by atoms with Crippen LogP contribution in [0.3, 0.4) is 0 Å². The number of carbonyl (C=O) groups is 2. The number of carboxylic acids is 2. The summed E-state index contributed by atoms with van der Waals surface area (Å²) >= 11 is 3.47. The molecule has 0 heterocycles. The van der Waals surface area contributed by atoms with E-state index in [9.17, 15) is 9.59 Å². The van der Waals surface area contributed by atoms with Crippen LogP contribution in [0.2, 0.25) is 0 Å². The molecule has 0 aliphatic heterocycles. The molecular weight excluding hydrogens is 483 g/mol. The first-order valence-corrected chi connectivity index (χ1v) is 5.26. The Kier molecular flexibility index (Phi) is 29.5. The summed E-state index contributed by atoms with van der Waals surface area (Å²) in [6, 6.07) is 0. The molecule has 0 bridgehead atoms. The molecule has 0 fully saturated rings. The van der Waals surface area contributed by atoms with E-state index >= 15 is 0 Å². The molecule has 0 rings (SSSR count). The fraction of sp³-hybridized carbons (Fsp3) is 0.500. The summed E-state index contributed by atoms with van der Waals surface area (Å²) in [6.45, 7) is 0. The minimum absolute atomic E-state index is 0. The summed E-state index contributed by atoms with van der Waals surface area (Å²) in [7, 11) is -3.83. The number of hydrogen-bond donors (Lipinski definition) is 5. The third-order valence-electron chi connectivity index (χ3n) is 0.653. The molecule has 0 aromatic carbocycles. The standard InChI is InChI=1S/C4H6O5.Au.2Na.H2O3S2.2H/c5-2(4(8)9)1-3(6)7;;;;1-5(2,3)4;;/h2,5H,1H2,(H,6,7)(H,8,9);;;;(H2,1,2,3,4);;. The maximum absolute atomic E-state index is 9.72. The van der Waals surface area contributed by atoms with Crippen LogP contribution >= 0.6 is 0 Å². The Morgan fingerprint density at radius 3 is 1.47 bits per heavy atom. The van der Waals surface area contributed by atoms with Crippen LogP contribution in [0.1, 0.15) is 6.42 Å². The van der Waals surface area contributed by atoms with Crippen molar-refractivity contribution in [1.29, 1.82) is 0 Å². The Morgan fingerprint density at radius 1 is 1.18 bits per heavy atom. The molecule has 0 saturated carbocycles. The van der Waals surface area contributed by atoms with Gasteiger partial charge in [0.25, 0.3) is 9.05 Å². The van der Waals surface area contributed by atoms with Crippen molar-refractivity contribution in [3.8, 4) is 0 Å². The van der Waals surface area contributed by atoms with E-state index in [0.717, 1.165) is 0 Å². The Labute approximate surface area is 162 Å². The van der Waals surface area contributed by atoms with Gasteiger partial charge >= 0.3 is 71.1 Å². The summed E-state index contributed by atoms with van der Waals surface area (Å²) in [4.78, 5) is 19.4. The summed E-state index contributed by atoms with van der Waals surface area (Å²) in [6.07, 6.45) is -2.54. The van der Waals surface area contributed by atoms with Crippen LogP contribution in [0.15, 0.2) is 0 Å². The molecule has 0 aliphatic rings. The second-order valence-corrected chi connectivity index (χ2v) is 4.10. The molecule has 0 aromatic rings. The zero-order chi connectivity index (χ0) is 11.9. The van der Waals surface area contributed by atoms with Gasteiger partial charge in [-0.25, -0.2) is 4.79 Å². The van der Waals surface area contributed by atoms with Gasteiger partial charge in [-0.1, -0.05) is 0 Å².